The molecule has 1 aromatic rings. The molecule has 1 atom stereocenters. The fraction of sp³-hybridized carbons (Fsp3) is 0.550. The Bertz CT molecular complexity index is 679. The zero-order valence-corrected chi connectivity index (χ0v) is 15.8. The monoisotopic (exact) mass is 373 g/mol. The van der Waals surface area contributed by atoms with Crippen LogP contribution in [0.3, 0.4) is 0 Å². The normalized spacial score (nSPS) is 20.0. The van der Waals surface area contributed by atoms with E-state index in [9.17, 15) is 14.4 Å². The Morgan fingerprint density at radius 3 is 2.70 bits per heavy atom. The second kappa shape index (κ2) is 8.99. The van der Waals surface area contributed by atoms with Crippen molar-refractivity contribution in [3.8, 4) is 0 Å². The zero-order valence-electron chi connectivity index (χ0n) is 15.8. The van der Waals surface area contributed by atoms with E-state index in [0.29, 0.717) is 39.3 Å². The van der Waals surface area contributed by atoms with E-state index < -0.39 is 0 Å². The van der Waals surface area contributed by atoms with Crippen LogP contribution in [0.25, 0.3) is 0 Å². The number of amides is 3. The van der Waals surface area contributed by atoms with Gasteiger partial charge >= 0.3 is 0 Å². The van der Waals surface area contributed by atoms with Gasteiger partial charge in [-0.3, -0.25) is 14.4 Å². The molecule has 1 unspecified atom stereocenters. The number of ether oxygens (including phenoxy) is 1. The molecule has 7 heteroatoms. The maximum atomic E-state index is 12.7. The van der Waals surface area contributed by atoms with Gasteiger partial charge in [0.15, 0.2) is 0 Å². The smallest absolute Gasteiger partial charge is 0.242 e. The molecule has 3 amide bonds. The van der Waals surface area contributed by atoms with Crippen LogP contribution in [0.15, 0.2) is 30.3 Å². The van der Waals surface area contributed by atoms with Gasteiger partial charge in [-0.1, -0.05) is 30.3 Å². The van der Waals surface area contributed by atoms with Crippen molar-refractivity contribution in [2.45, 2.75) is 31.8 Å². The van der Waals surface area contributed by atoms with Crippen molar-refractivity contribution in [3.63, 3.8) is 0 Å². The Labute approximate surface area is 159 Å². The van der Waals surface area contributed by atoms with Crippen molar-refractivity contribution in [2.24, 2.45) is 0 Å². The van der Waals surface area contributed by atoms with Gasteiger partial charge in [-0.2, -0.15) is 0 Å². The van der Waals surface area contributed by atoms with E-state index >= 15 is 0 Å². The number of nitrogens with zero attached hydrogens (tertiary/aromatic N) is 3. The van der Waals surface area contributed by atoms with Gasteiger partial charge in [-0.05, 0) is 12.0 Å². The topological polar surface area (TPSA) is 70.2 Å². The predicted octanol–water partition coefficient (Wildman–Crippen LogP) is 0.885. The number of morpholine rings is 1. The first-order chi connectivity index (χ1) is 13.0. The maximum absolute atomic E-state index is 12.7. The van der Waals surface area contributed by atoms with E-state index in [1.807, 2.05) is 30.3 Å². The molecular weight excluding hydrogens is 346 g/mol. The summed E-state index contributed by atoms with van der Waals surface area (Å²) in [5.41, 5.74) is 1.06. The van der Waals surface area contributed by atoms with Gasteiger partial charge in [-0.25, -0.2) is 0 Å². The van der Waals surface area contributed by atoms with Crippen molar-refractivity contribution in [2.75, 3.05) is 39.9 Å². The molecule has 3 rings (SSSR count). The molecule has 2 fully saturated rings. The van der Waals surface area contributed by atoms with Gasteiger partial charge < -0.3 is 19.4 Å². The molecule has 2 aliphatic heterocycles. The van der Waals surface area contributed by atoms with Crippen LogP contribution >= 0.6 is 0 Å². The molecule has 0 radical (unpaired) electrons. The number of likely N-dealkylation sites (tertiary alicyclic amines) is 1. The lowest BCUT2D eigenvalue weighted by Crippen LogP contribution is -2.53. The molecule has 0 aliphatic carbocycles. The van der Waals surface area contributed by atoms with E-state index in [-0.39, 0.29) is 36.7 Å². The maximum Gasteiger partial charge on any atom is 0.242 e. The third kappa shape index (κ3) is 5.07. The van der Waals surface area contributed by atoms with Crippen molar-refractivity contribution in [1.82, 2.24) is 14.7 Å². The predicted molar refractivity (Wildman–Crippen MR) is 99.7 cm³/mol. The summed E-state index contributed by atoms with van der Waals surface area (Å²) in [5.74, 6) is -0.0895. The van der Waals surface area contributed by atoms with E-state index in [1.165, 1.54) is 0 Å². The molecule has 2 saturated heterocycles. The average molecular weight is 373 g/mol. The summed E-state index contributed by atoms with van der Waals surface area (Å²) in [7, 11) is 1.77. The summed E-state index contributed by atoms with van der Waals surface area (Å²) in [6, 6.07) is 9.52. The van der Waals surface area contributed by atoms with Crippen LogP contribution in [0.4, 0.5) is 0 Å². The lowest BCUT2D eigenvalue weighted by molar-refractivity contribution is -0.147. The standard InChI is InChI=1S/C20H27N3O4/c1-21(13-16-6-3-2-4-7-16)19(25)12-17-15-27-11-10-23(17)20(26)14-22-9-5-8-18(22)24/h2-4,6-7,17H,5,8-15H2,1H3. The highest BCUT2D eigenvalue weighted by Gasteiger charge is 2.32. The lowest BCUT2D eigenvalue weighted by atomic mass is 10.1. The van der Waals surface area contributed by atoms with Gasteiger partial charge in [0.1, 0.15) is 0 Å². The van der Waals surface area contributed by atoms with Gasteiger partial charge in [0.2, 0.25) is 17.7 Å². The van der Waals surface area contributed by atoms with Crippen molar-refractivity contribution in [1.29, 1.82) is 0 Å². The minimum atomic E-state index is -0.283. The number of carbonyl (C=O) groups excluding carboxylic acids is 3. The Morgan fingerprint density at radius 2 is 2.00 bits per heavy atom. The zero-order chi connectivity index (χ0) is 19.2. The number of hydrogen-bond acceptors (Lipinski definition) is 4. The van der Waals surface area contributed by atoms with E-state index in [4.69, 9.17) is 4.74 Å². The Hall–Kier alpha value is -2.41. The number of hydrogen-bond donors (Lipinski definition) is 0. The SMILES string of the molecule is CN(Cc1ccccc1)C(=O)CC1COCCN1C(=O)CN1CCCC1=O. The van der Waals surface area contributed by atoms with Crippen LogP contribution in [-0.2, 0) is 25.7 Å². The molecule has 7 nitrogen and oxygen atoms in total. The molecule has 27 heavy (non-hydrogen) atoms. The van der Waals surface area contributed by atoms with Crippen LogP contribution in [-0.4, -0.2) is 78.4 Å². The second-order valence-corrected chi connectivity index (χ2v) is 7.17. The van der Waals surface area contributed by atoms with Crippen molar-refractivity contribution < 1.29 is 19.1 Å². The average Bonchev–Trinajstić information content (AvgIpc) is 3.07. The number of carbonyl (C=O) groups is 3. The lowest BCUT2D eigenvalue weighted by Gasteiger charge is -2.37. The third-order valence-corrected chi connectivity index (χ3v) is 5.14. The molecule has 0 spiro atoms. The molecule has 0 bridgehead atoms. The summed E-state index contributed by atoms with van der Waals surface area (Å²) < 4.78 is 5.51. The highest BCUT2D eigenvalue weighted by Crippen LogP contribution is 2.16. The minimum Gasteiger partial charge on any atom is -0.377 e. The minimum absolute atomic E-state index is 0.0237. The Balaban J connectivity index is 1.56. The largest absolute Gasteiger partial charge is 0.377 e. The van der Waals surface area contributed by atoms with E-state index in [0.717, 1.165) is 12.0 Å². The van der Waals surface area contributed by atoms with Crippen molar-refractivity contribution >= 4 is 17.7 Å². The van der Waals surface area contributed by atoms with E-state index in [1.54, 1.807) is 21.7 Å². The Kier molecular flexibility index (Phi) is 6.45. The summed E-state index contributed by atoms with van der Waals surface area (Å²) in [6.07, 6.45) is 1.55. The highest BCUT2D eigenvalue weighted by molar-refractivity contribution is 5.86. The van der Waals surface area contributed by atoms with Crippen LogP contribution in [0.1, 0.15) is 24.8 Å². The summed E-state index contributed by atoms with van der Waals surface area (Å²) in [5, 5.41) is 0. The first-order valence-corrected chi connectivity index (χ1v) is 9.47. The van der Waals surface area contributed by atoms with Crippen LogP contribution in [0.2, 0.25) is 0 Å². The number of rotatable bonds is 6. The summed E-state index contributed by atoms with van der Waals surface area (Å²) >= 11 is 0. The molecule has 1 aromatic carbocycles. The summed E-state index contributed by atoms with van der Waals surface area (Å²) in [6.45, 7) is 2.54. The van der Waals surface area contributed by atoms with Gasteiger partial charge in [0, 0.05) is 39.5 Å². The van der Waals surface area contributed by atoms with Crippen molar-refractivity contribution in [3.05, 3.63) is 35.9 Å². The van der Waals surface area contributed by atoms with Gasteiger partial charge in [-0.15, -0.1) is 0 Å². The molecule has 0 saturated carbocycles. The fourth-order valence-electron chi connectivity index (χ4n) is 3.58. The Morgan fingerprint density at radius 1 is 1.22 bits per heavy atom. The third-order valence-electron chi connectivity index (χ3n) is 5.14. The molecular formula is C20H27N3O4. The van der Waals surface area contributed by atoms with Gasteiger partial charge in [0.25, 0.3) is 0 Å². The second-order valence-electron chi connectivity index (χ2n) is 7.17. The quantitative estimate of drug-likeness (QED) is 0.742. The molecule has 0 N–H and O–H groups in total. The number of benzene rings is 1. The fourth-order valence-corrected chi connectivity index (χ4v) is 3.58. The van der Waals surface area contributed by atoms with Crippen LogP contribution < -0.4 is 0 Å². The first kappa shape index (κ1) is 19.4. The van der Waals surface area contributed by atoms with E-state index in [2.05, 4.69) is 0 Å². The highest BCUT2D eigenvalue weighted by atomic mass is 16.5. The molecule has 0 aromatic heterocycles. The molecule has 2 heterocycles. The van der Waals surface area contributed by atoms with Crippen LogP contribution in [0, 0.1) is 0 Å². The van der Waals surface area contributed by atoms with Crippen LogP contribution in [0.5, 0.6) is 0 Å². The first-order valence-electron chi connectivity index (χ1n) is 9.47. The molecule has 146 valence electrons. The summed E-state index contributed by atoms with van der Waals surface area (Å²) in [4.78, 5) is 42.1. The molecule has 2 aliphatic rings. The van der Waals surface area contributed by atoms with Gasteiger partial charge in [0.05, 0.1) is 25.8 Å².